The molecule has 3 N–H and O–H groups in total. The van der Waals surface area contributed by atoms with Crippen LogP contribution >= 0.6 is 0 Å². The summed E-state index contributed by atoms with van der Waals surface area (Å²) in [5.41, 5.74) is 7.52. The monoisotopic (exact) mass is 263 g/mol. The van der Waals surface area contributed by atoms with E-state index in [4.69, 9.17) is 10.5 Å². The van der Waals surface area contributed by atoms with E-state index in [0.29, 0.717) is 30.9 Å². The van der Waals surface area contributed by atoms with Crippen LogP contribution in [0.4, 0.5) is 10.5 Å². The number of carbonyl (C=O) groups excluding carboxylic acids is 2. The first-order chi connectivity index (χ1) is 9.08. The Balaban J connectivity index is 1.85. The maximum absolute atomic E-state index is 11.8. The lowest BCUT2D eigenvalue weighted by Gasteiger charge is -2.14. The molecule has 0 atom stereocenters. The minimum Gasteiger partial charge on any atom is -0.460 e. The second kappa shape index (κ2) is 5.60. The summed E-state index contributed by atoms with van der Waals surface area (Å²) in [5.74, 6) is -0.392. The van der Waals surface area contributed by atoms with Gasteiger partial charge in [-0.25, -0.2) is 9.59 Å². The average Bonchev–Trinajstić information content (AvgIpc) is 2.75. The lowest BCUT2D eigenvalue weighted by Crippen LogP contribution is -2.31. The molecule has 0 bridgehead atoms. The number of hydrogen-bond donors (Lipinski definition) is 2. The van der Waals surface area contributed by atoms with Gasteiger partial charge in [0.15, 0.2) is 0 Å². The summed E-state index contributed by atoms with van der Waals surface area (Å²) in [6.45, 7) is 3.70. The number of carbonyl (C=O) groups is 2. The van der Waals surface area contributed by atoms with Crippen LogP contribution in [0.25, 0.3) is 0 Å². The first kappa shape index (κ1) is 13.2. The zero-order valence-electron chi connectivity index (χ0n) is 10.8. The number of nitrogens with two attached hydrogens (primary N) is 1. The summed E-state index contributed by atoms with van der Waals surface area (Å²) >= 11 is 0. The number of nitrogens with zero attached hydrogens (tertiary/aromatic N) is 1. The molecule has 1 heterocycles. The first-order valence-corrected chi connectivity index (χ1v) is 6.14. The lowest BCUT2D eigenvalue weighted by molar-refractivity contribution is 0.0480. The molecule has 19 heavy (non-hydrogen) atoms. The third-order valence-corrected chi connectivity index (χ3v) is 3.01. The van der Waals surface area contributed by atoms with E-state index in [1.807, 2.05) is 0 Å². The van der Waals surface area contributed by atoms with Gasteiger partial charge in [-0.2, -0.15) is 0 Å². The van der Waals surface area contributed by atoms with Crippen molar-refractivity contribution in [2.45, 2.75) is 6.92 Å². The quantitative estimate of drug-likeness (QED) is 0.620. The van der Waals surface area contributed by atoms with Crippen LogP contribution in [0.1, 0.15) is 15.9 Å². The predicted octanol–water partition coefficient (Wildman–Crippen LogP) is 0.759. The smallest absolute Gasteiger partial charge is 0.338 e. The van der Waals surface area contributed by atoms with Gasteiger partial charge >= 0.3 is 12.0 Å². The fourth-order valence-corrected chi connectivity index (χ4v) is 1.97. The number of nitrogen functional groups attached to an aromatic ring is 1. The van der Waals surface area contributed by atoms with E-state index in [1.165, 1.54) is 0 Å². The highest BCUT2D eigenvalue weighted by Gasteiger charge is 2.19. The number of amides is 2. The molecule has 0 radical (unpaired) electrons. The second-order valence-corrected chi connectivity index (χ2v) is 4.43. The van der Waals surface area contributed by atoms with E-state index < -0.39 is 5.97 Å². The van der Waals surface area contributed by atoms with E-state index >= 15 is 0 Å². The number of nitrogens with one attached hydrogen (secondary N) is 1. The van der Waals surface area contributed by atoms with Crippen molar-refractivity contribution in [3.8, 4) is 0 Å². The fraction of sp³-hybridized carbons (Fsp3) is 0.385. The van der Waals surface area contributed by atoms with E-state index in [0.717, 1.165) is 5.56 Å². The molecule has 1 fully saturated rings. The van der Waals surface area contributed by atoms with Gasteiger partial charge in [-0.1, -0.05) is 0 Å². The Morgan fingerprint density at radius 2 is 2.32 bits per heavy atom. The molecule has 0 spiro atoms. The van der Waals surface area contributed by atoms with Gasteiger partial charge in [-0.05, 0) is 30.7 Å². The normalized spacial score (nSPS) is 14.4. The van der Waals surface area contributed by atoms with Crippen LogP contribution in [0.3, 0.4) is 0 Å². The standard InChI is InChI=1S/C13H17N3O3/c1-9-8-10(14)2-3-11(9)12(17)19-7-6-16-5-4-15-13(16)18/h2-3,8H,4-7,14H2,1H3,(H,15,18). The molecule has 2 rings (SSSR count). The Hall–Kier alpha value is -2.24. The van der Waals surface area contributed by atoms with Gasteiger partial charge in [0.1, 0.15) is 6.61 Å². The molecule has 6 nitrogen and oxygen atoms in total. The van der Waals surface area contributed by atoms with Gasteiger partial charge in [-0.15, -0.1) is 0 Å². The molecule has 0 saturated carbocycles. The first-order valence-electron chi connectivity index (χ1n) is 6.14. The molecule has 1 aromatic carbocycles. The van der Waals surface area contributed by atoms with Crippen molar-refractivity contribution in [1.82, 2.24) is 10.2 Å². The van der Waals surface area contributed by atoms with Crippen LogP contribution in [0.2, 0.25) is 0 Å². The summed E-state index contributed by atoms with van der Waals surface area (Å²) in [7, 11) is 0. The third-order valence-electron chi connectivity index (χ3n) is 3.01. The highest BCUT2D eigenvalue weighted by Crippen LogP contribution is 2.13. The van der Waals surface area contributed by atoms with Crippen molar-refractivity contribution in [2.24, 2.45) is 0 Å². The maximum atomic E-state index is 11.8. The van der Waals surface area contributed by atoms with Gasteiger partial charge < -0.3 is 20.7 Å². The minimum absolute atomic E-state index is 0.111. The number of hydrogen-bond acceptors (Lipinski definition) is 4. The predicted molar refractivity (Wildman–Crippen MR) is 70.8 cm³/mol. The zero-order valence-corrected chi connectivity index (χ0v) is 10.8. The van der Waals surface area contributed by atoms with Crippen molar-refractivity contribution >= 4 is 17.7 Å². The molecule has 0 aromatic heterocycles. The molecule has 0 aliphatic carbocycles. The molecule has 0 unspecified atom stereocenters. The molecule has 2 amide bonds. The number of ether oxygens (including phenoxy) is 1. The summed E-state index contributed by atoms with van der Waals surface area (Å²) in [6, 6.07) is 4.93. The summed E-state index contributed by atoms with van der Waals surface area (Å²) < 4.78 is 5.16. The summed E-state index contributed by atoms with van der Waals surface area (Å²) in [5, 5.41) is 2.69. The largest absolute Gasteiger partial charge is 0.460 e. The van der Waals surface area contributed by atoms with Crippen molar-refractivity contribution in [2.75, 3.05) is 32.0 Å². The Bertz CT molecular complexity index is 502. The molecule has 1 aliphatic heterocycles. The molecular formula is C13H17N3O3. The van der Waals surface area contributed by atoms with Crippen LogP contribution < -0.4 is 11.1 Å². The molecule has 1 saturated heterocycles. The molecule has 1 aromatic rings. The fourth-order valence-electron chi connectivity index (χ4n) is 1.97. The Morgan fingerprint density at radius 3 is 2.95 bits per heavy atom. The van der Waals surface area contributed by atoms with E-state index in [9.17, 15) is 9.59 Å². The number of urea groups is 1. The third kappa shape index (κ3) is 3.15. The molecular weight excluding hydrogens is 246 g/mol. The number of rotatable bonds is 4. The van der Waals surface area contributed by atoms with Gasteiger partial charge in [0.25, 0.3) is 0 Å². The number of anilines is 1. The molecule has 102 valence electrons. The van der Waals surface area contributed by atoms with Crippen molar-refractivity contribution in [3.63, 3.8) is 0 Å². The highest BCUT2D eigenvalue weighted by molar-refractivity contribution is 5.91. The van der Waals surface area contributed by atoms with Gasteiger partial charge in [-0.3, -0.25) is 0 Å². The summed E-state index contributed by atoms with van der Waals surface area (Å²) in [4.78, 5) is 24.7. The topological polar surface area (TPSA) is 84.7 Å². The van der Waals surface area contributed by atoms with Crippen LogP contribution in [0, 0.1) is 6.92 Å². The van der Waals surface area contributed by atoms with E-state index in [-0.39, 0.29) is 12.6 Å². The zero-order chi connectivity index (χ0) is 13.8. The number of aryl methyl sites for hydroxylation is 1. The number of esters is 1. The molecule has 6 heteroatoms. The van der Waals surface area contributed by atoms with Crippen molar-refractivity contribution in [3.05, 3.63) is 29.3 Å². The minimum atomic E-state index is -0.392. The Kier molecular flexibility index (Phi) is 3.89. The van der Waals surface area contributed by atoms with Crippen LogP contribution in [0.5, 0.6) is 0 Å². The lowest BCUT2D eigenvalue weighted by atomic mass is 10.1. The van der Waals surface area contributed by atoms with Crippen LogP contribution in [-0.4, -0.2) is 43.1 Å². The highest BCUT2D eigenvalue weighted by atomic mass is 16.5. The van der Waals surface area contributed by atoms with Crippen molar-refractivity contribution < 1.29 is 14.3 Å². The van der Waals surface area contributed by atoms with Crippen LogP contribution in [0.15, 0.2) is 18.2 Å². The Morgan fingerprint density at radius 1 is 1.53 bits per heavy atom. The summed E-state index contributed by atoms with van der Waals surface area (Å²) in [6.07, 6.45) is 0. The Labute approximate surface area is 111 Å². The van der Waals surface area contributed by atoms with E-state index in [2.05, 4.69) is 5.32 Å². The van der Waals surface area contributed by atoms with E-state index in [1.54, 1.807) is 30.0 Å². The van der Waals surface area contributed by atoms with Crippen LogP contribution in [-0.2, 0) is 4.74 Å². The maximum Gasteiger partial charge on any atom is 0.338 e. The number of benzene rings is 1. The van der Waals surface area contributed by atoms with Gasteiger partial charge in [0, 0.05) is 18.8 Å². The average molecular weight is 263 g/mol. The SMILES string of the molecule is Cc1cc(N)ccc1C(=O)OCCN1CCNC1=O. The molecule has 1 aliphatic rings. The van der Waals surface area contributed by atoms with Gasteiger partial charge in [0.2, 0.25) is 0 Å². The van der Waals surface area contributed by atoms with Crippen molar-refractivity contribution in [1.29, 1.82) is 0 Å². The second-order valence-electron chi connectivity index (χ2n) is 4.43. The van der Waals surface area contributed by atoms with Gasteiger partial charge in [0.05, 0.1) is 12.1 Å².